The Morgan fingerprint density at radius 3 is 2.89 bits per heavy atom. The van der Waals surface area contributed by atoms with Crippen LogP contribution >= 0.6 is 0 Å². The Morgan fingerprint density at radius 2 is 2.16 bits per heavy atom. The summed E-state index contributed by atoms with van der Waals surface area (Å²) in [5.41, 5.74) is 9.01. The first-order valence-electron chi connectivity index (χ1n) is 6.67. The van der Waals surface area contributed by atoms with E-state index in [4.69, 9.17) is 5.73 Å². The van der Waals surface area contributed by atoms with Gasteiger partial charge in [-0.15, -0.1) is 0 Å². The number of hydrogen-bond donors (Lipinski definition) is 2. The Morgan fingerprint density at radius 1 is 1.37 bits per heavy atom. The van der Waals surface area contributed by atoms with Gasteiger partial charge in [0.05, 0.1) is 23.0 Å². The average Bonchev–Trinajstić information content (AvgIpc) is 2.37. The van der Waals surface area contributed by atoms with Crippen LogP contribution in [0, 0.1) is 5.92 Å². The molecule has 3 rings (SSSR count). The number of pyridine rings is 1. The first-order chi connectivity index (χ1) is 9.15. The van der Waals surface area contributed by atoms with Crippen LogP contribution in [0.15, 0.2) is 30.5 Å². The van der Waals surface area contributed by atoms with E-state index in [0.29, 0.717) is 5.92 Å². The zero-order valence-electron chi connectivity index (χ0n) is 11.1. The van der Waals surface area contributed by atoms with Gasteiger partial charge in [0.2, 0.25) is 0 Å². The molecule has 0 radical (unpaired) electrons. The molecule has 1 aliphatic rings. The Labute approximate surface area is 112 Å². The smallest absolute Gasteiger partial charge is 0.0724 e. The van der Waals surface area contributed by atoms with Gasteiger partial charge in [-0.1, -0.05) is 0 Å². The first kappa shape index (κ1) is 12.2. The first-order valence-corrected chi connectivity index (χ1v) is 6.67. The van der Waals surface area contributed by atoms with Crippen molar-refractivity contribution in [1.29, 1.82) is 0 Å². The van der Waals surface area contributed by atoms with Crippen LogP contribution in [0.5, 0.6) is 0 Å². The van der Waals surface area contributed by atoms with Gasteiger partial charge in [0.1, 0.15) is 0 Å². The molecule has 100 valence electrons. The van der Waals surface area contributed by atoms with Crippen molar-refractivity contribution < 1.29 is 5.11 Å². The topological polar surface area (TPSA) is 62.4 Å². The molecule has 0 saturated heterocycles. The average molecular weight is 257 g/mol. The van der Waals surface area contributed by atoms with Gasteiger partial charge >= 0.3 is 0 Å². The standard InChI is InChI=1S/C15H19N3O/c1-18(9-10-7-11(19)8-10)14-5-4-13-12(15(14)16)3-2-6-17-13/h2-6,10-11,19H,7-9,16H2,1H3. The molecular weight excluding hydrogens is 238 g/mol. The predicted molar refractivity (Wildman–Crippen MR) is 78.2 cm³/mol. The number of benzene rings is 1. The number of aliphatic hydroxyl groups is 1. The van der Waals surface area contributed by atoms with Crippen LogP contribution in [0.3, 0.4) is 0 Å². The lowest BCUT2D eigenvalue weighted by Crippen LogP contribution is -2.37. The zero-order chi connectivity index (χ0) is 13.4. The van der Waals surface area contributed by atoms with Crippen molar-refractivity contribution in [3.05, 3.63) is 30.5 Å². The maximum atomic E-state index is 9.35. The minimum atomic E-state index is -0.100. The van der Waals surface area contributed by atoms with E-state index < -0.39 is 0 Å². The van der Waals surface area contributed by atoms with E-state index >= 15 is 0 Å². The van der Waals surface area contributed by atoms with Crippen molar-refractivity contribution in [2.45, 2.75) is 18.9 Å². The molecule has 3 N–H and O–H groups in total. The second-order valence-electron chi connectivity index (χ2n) is 5.44. The van der Waals surface area contributed by atoms with Crippen LogP contribution in [-0.2, 0) is 0 Å². The van der Waals surface area contributed by atoms with Crippen molar-refractivity contribution in [2.24, 2.45) is 5.92 Å². The lowest BCUT2D eigenvalue weighted by molar-refractivity contribution is 0.0465. The molecular formula is C15H19N3O. The number of anilines is 2. The van der Waals surface area contributed by atoms with Gasteiger partial charge in [-0.3, -0.25) is 4.98 Å². The number of fused-ring (bicyclic) bond motifs is 1. The van der Waals surface area contributed by atoms with Gasteiger partial charge in [-0.05, 0) is 43.0 Å². The third-order valence-electron chi connectivity index (χ3n) is 3.96. The molecule has 4 nitrogen and oxygen atoms in total. The highest BCUT2D eigenvalue weighted by atomic mass is 16.3. The number of aromatic nitrogens is 1. The largest absolute Gasteiger partial charge is 0.396 e. The molecule has 0 aliphatic heterocycles. The number of hydrogen-bond acceptors (Lipinski definition) is 4. The second kappa shape index (κ2) is 4.70. The number of nitrogens with two attached hydrogens (primary N) is 1. The van der Waals surface area contributed by atoms with Gasteiger partial charge in [0, 0.05) is 25.2 Å². The van der Waals surface area contributed by atoms with Crippen molar-refractivity contribution in [2.75, 3.05) is 24.2 Å². The van der Waals surface area contributed by atoms with Crippen LogP contribution in [0.25, 0.3) is 10.9 Å². The predicted octanol–water partition coefficient (Wildman–Crippen LogP) is 2.02. The maximum absolute atomic E-state index is 9.35. The van der Waals surface area contributed by atoms with Crippen LogP contribution in [0.2, 0.25) is 0 Å². The zero-order valence-corrected chi connectivity index (χ0v) is 11.1. The molecule has 0 unspecified atom stereocenters. The van der Waals surface area contributed by atoms with E-state index in [1.54, 1.807) is 6.20 Å². The summed E-state index contributed by atoms with van der Waals surface area (Å²) in [4.78, 5) is 6.49. The molecule has 2 aromatic rings. The van der Waals surface area contributed by atoms with Gasteiger partial charge in [-0.25, -0.2) is 0 Å². The van der Waals surface area contributed by atoms with Gasteiger partial charge in [0.15, 0.2) is 0 Å². The normalized spacial score (nSPS) is 22.2. The Hall–Kier alpha value is -1.81. The van der Waals surface area contributed by atoms with E-state index in [-0.39, 0.29) is 6.10 Å². The van der Waals surface area contributed by atoms with Crippen molar-refractivity contribution in [3.63, 3.8) is 0 Å². The second-order valence-corrected chi connectivity index (χ2v) is 5.44. The highest BCUT2D eigenvalue weighted by molar-refractivity contribution is 5.97. The SMILES string of the molecule is CN(CC1CC(O)C1)c1ccc2ncccc2c1N. The molecule has 1 fully saturated rings. The molecule has 1 aromatic carbocycles. The molecule has 0 atom stereocenters. The number of nitrogens with zero attached hydrogens (tertiary/aromatic N) is 2. The minimum absolute atomic E-state index is 0.100. The van der Waals surface area contributed by atoms with Crippen LogP contribution in [0.4, 0.5) is 11.4 Å². The molecule has 0 bridgehead atoms. The fraction of sp³-hybridized carbons (Fsp3) is 0.400. The fourth-order valence-corrected chi connectivity index (χ4v) is 2.83. The quantitative estimate of drug-likeness (QED) is 0.826. The molecule has 4 heteroatoms. The summed E-state index contributed by atoms with van der Waals surface area (Å²) in [7, 11) is 2.05. The maximum Gasteiger partial charge on any atom is 0.0724 e. The summed E-state index contributed by atoms with van der Waals surface area (Å²) >= 11 is 0. The summed E-state index contributed by atoms with van der Waals surface area (Å²) < 4.78 is 0. The lowest BCUT2D eigenvalue weighted by atomic mass is 9.82. The van der Waals surface area contributed by atoms with Gasteiger partial charge in [0.25, 0.3) is 0 Å². The monoisotopic (exact) mass is 257 g/mol. The summed E-state index contributed by atoms with van der Waals surface area (Å²) in [6, 6.07) is 7.94. The molecule has 1 saturated carbocycles. The third kappa shape index (κ3) is 2.24. The van der Waals surface area contributed by atoms with Crippen molar-refractivity contribution in [1.82, 2.24) is 4.98 Å². The van der Waals surface area contributed by atoms with E-state index in [1.165, 1.54) is 0 Å². The summed E-state index contributed by atoms with van der Waals surface area (Å²) in [6.07, 6.45) is 3.48. The van der Waals surface area contributed by atoms with Crippen molar-refractivity contribution >= 4 is 22.3 Å². The summed E-state index contributed by atoms with van der Waals surface area (Å²) in [5, 5.41) is 10.3. The highest BCUT2D eigenvalue weighted by Gasteiger charge is 2.28. The lowest BCUT2D eigenvalue weighted by Gasteiger charge is -2.35. The van der Waals surface area contributed by atoms with Crippen LogP contribution < -0.4 is 10.6 Å². The Balaban J connectivity index is 1.85. The molecule has 0 amide bonds. The van der Waals surface area contributed by atoms with E-state index in [9.17, 15) is 5.11 Å². The number of aliphatic hydroxyl groups excluding tert-OH is 1. The van der Waals surface area contributed by atoms with E-state index in [2.05, 4.69) is 16.9 Å². The van der Waals surface area contributed by atoms with E-state index in [0.717, 1.165) is 41.7 Å². The summed E-state index contributed by atoms with van der Waals surface area (Å²) in [5.74, 6) is 0.573. The number of nitrogen functional groups attached to an aromatic ring is 1. The Kier molecular flexibility index (Phi) is 3.03. The minimum Gasteiger partial charge on any atom is -0.396 e. The molecule has 0 spiro atoms. The molecule has 19 heavy (non-hydrogen) atoms. The molecule has 1 aromatic heterocycles. The molecule has 1 aliphatic carbocycles. The van der Waals surface area contributed by atoms with Gasteiger partial charge in [-0.2, -0.15) is 0 Å². The van der Waals surface area contributed by atoms with Crippen LogP contribution in [0.1, 0.15) is 12.8 Å². The number of rotatable bonds is 3. The third-order valence-corrected chi connectivity index (χ3v) is 3.96. The highest BCUT2D eigenvalue weighted by Crippen LogP contribution is 2.33. The fourth-order valence-electron chi connectivity index (χ4n) is 2.83. The summed E-state index contributed by atoms with van der Waals surface area (Å²) in [6.45, 7) is 0.938. The van der Waals surface area contributed by atoms with E-state index in [1.807, 2.05) is 24.3 Å². The van der Waals surface area contributed by atoms with Crippen molar-refractivity contribution in [3.8, 4) is 0 Å². The molecule has 1 heterocycles. The van der Waals surface area contributed by atoms with Gasteiger partial charge < -0.3 is 15.7 Å². The Bertz CT molecular complexity index is 593. The van der Waals surface area contributed by atoms with Crippen LogP contribution in [-0.4, -0.2) is 29.8 Å².